The lowest BCUT2D eigenvalue weighted by molar-refractivity contribution is 0.197. The van der Waals surface area contributed by atoms with E-state index in [1.807, 2.05) is 0 Å². The number of hydrogen-bond acceptors (Lipinski definition) is 2. The Balaban J connectivity index is 1.82. The first-order chi connectivity index (χ1) is 6.61. The van der Waals surface area contributed by atoms with E-state index in [0.29, 0.717) is 0 Å². The molecule has 2 nitrogen and oxygen atoms in total. The van der Waals surface area contributed by atoms with Crippen molar-refractivity contribution in [3.8, 4) is 0 Å². The van der Waals surface area contributed by atoms with Crippen LogP contribution in [0.4, 0.5) is 0 Å². The number of nitrogens with two attached hydrogens (primary N) is 1. The second-order valence-electron chi connectivity index (χ2n) is 5.61. The van der Waals surface area contributed by atoms with Gasteiger partial charge in [0, 0.05) is 24.7 Å². The van der Waals surface area contributed by atoms with Crippen LogP contribution in [-0.2, 0) is 0 Å². The molecule has 1 atom stereocenters. The van der Waals surface area contributed by atoms with Crippen LogP contribution in [0.3, 0.4) is 0 Å². The maximum absolute atomic E-state index is 6.24. The molecule has 2 aliphatic rings. The van der Waals surface area contributed by atoms with Crippen LogP contribution in [0.5, 0.6) is 0 Å². The Labute approximate surface area is 87.8 Å². The van der Waals surface area contributed by atoms with E-state index in [2.05, 4.69) is 18.7 Å². The van der Waals surface area contributed by atoms with Crippen molar-refractivity contribution in [2.75, 3.05) is 13.1 Å². The van der Waals surface area contributed by atoms with Crippen LogP contribution < -0.4 is 5.73 Å². The third-order valence-corrected chi connectivity index (χ3v) is 3.62. The molecule has 0 heterocycles. The second-order valence-corrected chi connectivity index (χ2v) is 5.61. The molecule has 2 heteroatoms. The smallest absolute Gasteiger partial charge is 0.0252 e. The van der Waals surface area contributed by atoms with E-state index in [0.717, 1.165) is 24.9 Å². The monoisotopic (exact) mass is 196 g/mol. The molecule has 0 aliphatic heterocycles. The molecule has 14 heavy (non-hydrogen) atoms. The van der Waals surface area contributed by atoms with Gasteiger partial charge in [0.25, 0.3) is 0 Å². The summed E-state index contributed by atoms with van der Waals surface area (Å²) < 4.78 is 0. The van der Waals surface area contributed by atoms with E-state index >= 15 is 0 Å². The zero-order valence-corrected chi connectivity index (χ0v) is 9.63. The van der Waals surface area contributed by atoms with Gasteiger partial charge in [-0.15, -0.1) is 0 Å². The Morgan fingerprint density at radius 3 is 2.36 bits per heavy atom. The lowest BCUT2D eigenvalue weighted by Crippen LogP contribution is -2.48. The predicted octanol–water partition coefficient (Wildman–Crippen LogP) is 1.99. The molecule has 2 saturated carbocycles. The first-order valence-electron chi connectivity index (χ1n) is 6.13. The fourth-order valence-electron chi connectivity index (χ4n) is 1.99. The van der Waals surface area contributed by atoms with Gasteiger partial charge in [0.1, 0.15) is 0 Å². The first-order valence-corrected chi connectivity index (χ1v) is 6.13. The summed E-state index contributed by atoms with van der Waals surface area (Å²) in [6.45, 7) is 6.81. The topological polar surface area (TPSA) is 29.3 Å². The summed E-state index contributed by atoms with van der Waals surface area (Å²) >= 11 is 0. The van der Waals surface area contributed by atoms with Gasteiger partial charge < -0.3 is 5.73 Å². The van der Waals surface area contributed by atoms with E-state index in [1.54, 1.807) is 0 Å². The number of nitrogens with zero attached hydrogens (tertiary/aromatic N) is 1. The summed E-state index contributed by atoms with van der Waals surface area (Å²) in [5.41, 5.74) is 6.26. The first kappa shape index (κ1) is 10.4. The van der Waals surface area contributed by atoms with Crippen molar-refractivity contribution >= 4 is 0 Å². The van der Waals surface area contributed by atoms with Crippen molar-refractivity contribution in [1.29, 1.82) is 0 Å². The zero-order chi connectivity index (χ0) is 10.2. The van der Waals surface area contributed by atoms with E-state index in [9.17, 15) is 0 Å². The lowest BCUT2D eigenvalue weighted by Gasteiger charge is -2.32. The molecule has 82 valence electrons. The highest BCUT2D eigenvalue weighted by Gasteiger charge is 2.35. The third-order valence-electron chi connectivity index (χ3n) is 3.62. The van der Waals surface area contributed by atoms with Gasteiger partial charge in [0.15, 0.2) is 0 Å². The average molecular weight is 196 g/mol. The van der Waals surface area contributed by atoms with Crippen molar-refractivity contribution in [3.63, 3.8) is 0 Å². The fraction of sp³-hybridized carbons (Fsp3) is 1.00. The predicted molar refractivity (Wildman–Crippen MR) is 60.2 cm³/mol. The summed E-state index contributed by atoms with van der Waals surface area (Å²) in [6.07, 6.45) is 6.81. The van der Waals surface area contributed by atoms with Gasteiger partial charge in [-0.2, -0.15) is 0 Å². The van der Waals surface area contributed by atoms with Gasteiger partial charge in [-0.3, -0.25) is 4.90 Å². The minimum Gasteiger partial charge on any atom is -0.324 e. The Bertz CT molecular complexity index is 192. The molecular formula is C12H24N2. The molecule has 0 radical (unpaired) electrons. The zero-order valence-electron chi connectivity index (χ0n) is 9.63. The van der Waals surface area contributed by atoms with Crippen LogP contribution in [0.2, 0.25) is 0 Å². The molecule has 0 amide bonds. The van der Waals surface area contributed by atoms with Crippen LogP contribution in [0, 0.1) is 5.92 Å². The van der Waals surface area contributed by atoms with Crippen LogP contribution in [0.1, 0.15) is 46.0 Å². The summed E-state index contributed by atoms with van der Waals surface area (Å²) in [4.78, 5) is 2.65. The minimum atomic E-state index is 0.0253. The van der Waals surface area contributed by atoms with Crippen LogP contribution in [0.15, 0.2) is 0 Å². The molecule has 0 saturated heterocycles. The van der Waals surface area contributed by atoms with Crippen LogP contribution in [-0.4, -0.2) is 29.6 Å². The van der Waals surface area contributed by atoms with E-state index in [1.165, 1.54) is 32.2 Å². The standard InChI is InChI=1S/C12H24N2/c1-3-12(2,13)9-14(11-6-7-11)8-10-4-5-10/h10-11H,3-9,13H2,1-2H3. The molecule has 0 bridgehead atoms. The average Bonchev–Trinajstić information content (AvgIpc) is 2.97. The van der Waals surface area contributed by atoms with Crippen molar-refractivity contribution < 1.29 is 0 Å². The Morgan fingerprint density at radius 2 is 1.93 bits per heavy atom. The molecule has 0 aromatic carbocycles. The highest BCUT2D eigenvalue weighted by atomic mass is 15.2. The summed E-state index contributed by atoms with van der Waals surface area (Å²) in [7, 11) is 0. The summed E-state index contributed by atoms with van der Waals surface area (Å²) in [5.74, 6) is 1.00. The molecule has 0 aromatic heterocycles. The van der Waals surface area contributed by atoms with Crippen molar-refractivity contribution in [2.45, 2.75) is 57.5 Å². The lowest BCUT2D eigenvalue weighted by atomic mass is 9.99. The Morgan fingerprint density at radius 1 is 1.29 bits per heavy atom. The minimum absolute atomic E-state index is 0.0253. The fourth-order valence-corrected chi connectivity index (χ4v) is 1.99. The van der Waals surface area contributed by atoms with Crippen LogP contribution in [0.25, 0.3) is 0 Å². The molecular weight excluding hydrogens is 172 g/mol. The van der Waals surface area contributed by atoms with E-state index in [-0.39, 0.29) is 5.54 Å². The summed E-state index contributed by atoms with van der Waals surface area (Å²) in [6, 6.07) is 0.880. The normalized spacial score (nSPS) is 26.6. The van der Waals surface area contributed by atoms with Gasteiger partial charge in [0.05, 0.1) is 0 Å². The molecule has 0 aromatic rings. The third kappa shape index (κ3) is 2.96. The van der Waals surface area contributed by atoms with Crippen LogP contribution >= 0.6 is 0 Å². The van der Waals surface area contributed by atoms with Gasteiger partial charge in [-0.25, -0.2) is 0 Å². The van der Waals surface area contributed by atoms with Gasteiger partial charge >= 0.3 is 0 Å². The number of hydrogen-bond donors (Lipinski definition) is 1. The van der Waals surface area contributed by atoms with E-state index in [4.69, 9.17) is 5.73 Å². The molecule has 2 rings (SSSR count). The Hall–Kier alpha value is -0.0800. The molecule has 2 fully saturated rings. The van der Waals surface area contributed by atoms with E-state index < -0.39 is 0 Å². The Kier molecular flexibility index (Phi) is 2.85. The second kappa shape index (κ2) is 3.82. The quantitative estimate of drug-likeness (QED) is 0.704. The highest BCUT2D eigenvalue weighted by molar-refractivity contribution is 4.92. The maximum atomic E-state index is 6.24. The van der Waals surface area contributed by atoms with Crippen molar-refractivity contribution in [3.05, 3.63) is 0 Å². The SMILES string of the molecule is CCC(C)(N)CN(CC1CC1)C1CC1. The van der Waals surface area contributed by atoms with Gasteiger partial charge in [0.2, 0.25) is 0 Å². The largest absolute Gasteiger partial charge is 0.324 e. The molecule has 2 N–H and O–H groups in total. The van der Waals surface area contributed by atoms with Gasteiger partial charge in [-0.05, 0) is 44.9 Å². The molecule has 1 unspecified atom stereocenters. The number of rotatable bonds is 6. The highest BCUT2D eigenvalue weighted by Crippen LogP contribution is 2.35. The molecule has 2 aliphatic carbocycles. The van der Waals surface area contributed by atoms with Crippen molar-refractivity contribution in [1.82, 2.24) is 4.90 Å². The molecule has 0 spiro atoms. The van der Waals surface area contributed by atoms with Crippen molar-refractivity contribution in [2.24, 2.45) is 11.7 Å². The maximum Gasteiger partial charge on any atom is 0.0252 e. The summed E-state index contributed by atoms with van der Waals surface area (Å²) in [5, 5.41) is 0. The van der Waals surface area contributed by atoms with Gasteiger partial charge in [-0.1, -0.05) is 6.92 Å².